The molecule has 0 aliphatic carbocycles. The van der Waals surface area contributed by atoms with E-state index in [4.69, 9.17) is 4.42 Å². The third-order valence-electron chi connectivity index (χ3n) is 4.41. The fraction of sp³-hybridized carbons (Fsp3) is 0.444. The summed E-state index contributed by atoms with van der Waals surface area (Å²) < 4.78 is 18.6. The van der Waals surface area contributed by atoms with E-state index in [1.807, 2.05) is 4.90 Å². The molecule has 0 bridgehead atoms. The van der Waals surface area contributed by atoms with E-state index in [0.29, 0.717) is 28.8 Å². The van der Waals surface area contributed by atoms with Gasteiger partial charge in [0.25, 0.3) is 5.22 Å². The number of carbonyl (C=O) groups is 1. The smallest absolute Gasteiger partial charge is 0.256 e. The Labute approximate surface area is 145 Å². The van der Waals surface area contributed by atoms with Gasteiger partial charge in [0, 0.05) is 17.6 Å². The number of thioether (sulfide) groups is 1. The van der Waals surface area contributed by atoms with Crippen molar-refractivity contribution in [2.45, 2.75) is 50.4 Å². The Morgan fingerprint density at radius 3 is 2.62 bits per heavy atom. The predicted octanol–water partition coefficient (Wildman–Crippen LogP) is 4.36. The van der Waals surface area contributed by atoms with Crippen molar-refractivity contribution in [3.05, 3.63) is 36.3 Å². The molecule has 1 fully saturated rings. The van der Waals surface area contributed by atoms with Crippen molar-refractivity contribution < 1.29 is 13.6 Å². The lowest BCUT2D eigenvalue weighted by molar-refractivity contribution is -0.134. The van der Waals surface area contributed by atoms with Crippen LogP contribution in [0.25, 0.3) is 11.3 Å². The van der Waals surface area contributed by atoms with Gasteiger partial charge in [0.2, 0.25) is 5.91 Å². The molecule has 0 radical (unpaired) electrons. The average molecular weight is 348 g/mol. The van der Waals surface area contributed by atoms with Crippen LogP contribution < -0.4 is 0 Å². The second-order valence-electron chi connectivity index (χ2n) is 6.22. The highest BCUT2D eigenvalue weighted by molar-refractivity contribution is 7.99. The highest BCUT2D eigenvalue weighted by Gasteiger charge is 2.28. The number of likely N-dealkylation sites (tertiary alicyclic amines) is 1. The number of hydrogen-bond acceptors (Lipinski definition) is 4. The summed E-state index contributed by atoms with van der Waals surface area (Å²) >= 11 is 1.30. The Morgan fingerprint density at radius 2 is 1.96 bits per heavy atom. The summed E-state index contributed by atoms with van der Waals surface area (Å²) in [6.45, 7) is 4.21. The molecule has 24 heavy (non-hydrogen) atoms. The molecule has 0 saturated carbocycles. The van der Waals surface area contributed by atoms with Gasteiger partial charge in [-0.05, 0) is 57.4 Å². The molecule has 0 N–H and O–H groups in total. The van der Waals surface area contributed by atoms with Crippen LogP contribution in [0.1, 0.15) is 33.1 Å². The Balaban J connectivity index is 1.61. The number of hydrogen-bond donors (Lipinski definition) is 0. The van der Waals surface area contributed by atoms with Crippen LogP contribution in [0, 0.1) is 5.82 Å². The monoisotopic (exact) mass is 348 g/mol. The van der Waals surface area contributed by atoms with Gasteiger partial charge in [0.15, 0.2) is 5.76 Å². The van der Waals surface area contributed by atoms with Crippen molar-refractivity contribution in [1.82, 2.24) is 9.88 Å². The van der Waals surface area contributed by atoms with E-state index >= 15 is 0 Å². The summed E-state index contributed by atoms with van der Waals surface area (Å²) in [5.74, 6) is 0.729. The van der Waals surface area contributed by atoms with Crippen LogP contribution in [-0.4, -0.2) is 33.6 Å². The number of rotatable bonds is 4. The SMILES string of the molecule is C[C@@H]1CCC[C@@H](C)N1C(=O)CSc1ncc(-c2ccc(F)cc2)o1. The van der Waals surface area contributed by atoms with E-state index in [9.17, 15) is 9.18 Å². The third-order valence-corrected chi connectivity index (χ3v) is 5.24. The number of nitrogens with zero attached hydrogens (tertiary/aromatic N) is 2. The maximum atomic E-state index is 13.0. The van der Waals surface area contributed by atoms with Gasteiger partial charge in [-0.3, -0.25) is 4.79 Å². The largest absolute Gasteiger partial charge is 0.431 e. The summed E-state index contributed by atoms with van der Waals surface area (Å²) in [5.41, 5.74) is 0.764. The predicted molar refractivity (Wildman–Crippen MR) is 92.2 cm³/mol. The van der Waals surface area contributed by atoms with Crippen molar-refractivity contribution in [2.75, 3.05) is 5.75 Å². The van der Waals surface area contributed by atoms with Crippen molar-refractivity contribution in [1.29, 1.82) is 0 Å². The topological polar surface area (TPSA) is 46.3 Å². The van der Waals surface area contributed by atoms with Crippen LogP contribution in [0.5, 0.6) is 0 Å². The van der Waals surface area contributed by atoms with Gasteiger partial charge in [-0.1, -0.05) is 11.8 Å². The number of piperidine rings is 1. The molecule has 1 aliphatic rings. The molecule has 4 nitrogen and oxygen atoms in total. The van der Waals surface area contributed by atoms with Gasteiger partial charge in [-0.25, -0.2) is 9.37 Å². The zero-order valence-corrected chi connectivity index (χ0v) is 14.7. The fourth-order valence-corrected chi connectivity index (χ4v) is 3.86. The van der Waals surface area contributed by atoms with Gasteiger partial charge in [0.05, 0.1) is 11.9 Å². The van der Waals surface area contributed by atoms with Crippen molar-refractivity contribution in [3.8, 4) is 11.3 Å². The van der Waals surface area contributed by atoms with E-state index in [1.165, 1.54) is 30.3 Å². The van der Waals surface area contributed by atoms with E-state index in [0.717, 1.165) is 18.4 Å². The summed E-state index contributed by atoms with van der Waals surface area (Å²) in [5, 5.41) is 0.458. The molecule has 1 saturated heterocycles. The Hall–Kier alpha value is -1.82. The van der Waals surface area contributed by atoms with Gasteiger partial charge in [-0.2, -0.15) is 0 Å². The first kappa shape index (κ1) is 17.0. The minimum absolute atomic E-state index is 0.126. The maximum absolute atomic E-state index is 13.0. The number of oxazole rings is 1. The molecule has 3 rings (SSSR count). The third kappa shape index (κ3) is 3.80. The van der Waals surface area contributed by atoms with Gasteiger partial charge >= 0.3 is 0 Å². The molecule has 2 atom stereocenters. The Kier molecular flexibility index (Phi) is 5.23. The van der Waals surface area contributed by atoms with Crippen LogP contribution in [0.4, 0.5) is 4.39 Å². The van der Waals surface area contributed by atoms with Crippen LogP contribution in [-0.2, 0) is 4.79 Å². The molecule has 1 aromatic heterocycles. The van der Waals surface area contributed by atoms with Crippen LogP contribution in [0.2, 0.25) is 0 Å². The van der Waals surface area contributed by atoms with Crippen LogP contribution in [0.15, 0.2) is 40.1 Å². The first-order chi connectivity index (χ1) is 11.5. The molecular formula is C18H21FN2O2S. The summed E-state index contributed by atoms with van der Waals surface area (Å²) in [6.07, 6.45) is 4.91. The van der Waals surface area contributed by atoms with Crippen LogP contribution in [0.3, 0.4) is 0 Å². The molecule has 6 heteroatoms. The maximum Gasteiger partial charge on any atom is 0.256 e. The van der Waals surface area contributed by atoms with Crippen molar-refractivity contribution in [3.63, 3.8) is 0 Å². The lowest BCUT2D eigenvalue weighted by Crippen LogP contribution is -2.48. The number of carbonyl (C=O) groups excluding carboxylic acids is 1. The number of amides is 1. The molecular weight excluding hydrogens is 327 g/mol. The molecule has 1 aromatic carbocycles. The minimum atomic E-state index is -0.289. The second-order valence-corrected chi connectivity index (χ2v) is 7.14. The number of halogens is 1. The molecule has 1 amide bonds. The van der Waals surface area contributed by atoms with Crippen molar-refractivity contribution >= 4 is 17.7 Å². The second kappa shape index (κ2) is 7.38. The minimum Gasteiger partial charge on any atom is -0.431 e. The van der Waals surface area contributed by atoms with E-state index < -0.39 is 0 Å². The highest BCUT2D eigenvalue weighted by atomic mass is 32.2. The van der Waals surface area contributed by atoms with Crippen molar-refractivity contribution in [2.24, 2.45) is 0 Å². The molecule has 0 unspecified atom stereocenters. The standard InChI is InChI=1S/C18H21FN2O2S/c1-12-4-3-5-13(2)21(12)17(22)11-24-18-20-10-16(23-18)14-6-8-15(19)9-7-14/h6-10,12-13H,3-5,11H2,1-2H3/t12-,13-/m1/s1. The van der Waals surface area contributed by atoms with E-state index in [1.54, 1.807) is 18.3 Å². The molecule has 2 heterocycles. The molecule has 1 aliphatic heterocycles. The first-order valence-electron chi connectivity index (χ1n) is 8.20. The summed E-state index contributed by atoms with van der Waals surface area (Å²) in [4.78, 5) is 18.7. The number of aromatic nitrogens is 1. The lowest BCUT2D eigenvalue weighted by atomic mass is 9.98. The Bertz CT molecular complexity index is 691. The number of benzene rings is 1. The van der Waals surface area contributed by atoms with E-state index in [-0.39, 0.29) is 11.7 Å². The quantitative estimate of drug-likeness (QED) is 0.770. The average Bonchev–Trinajstić information content (AvgIpc) is 3.02. The highest BCUT2D eigenvalue weighted by Crippen LogP contribution is 2.28. The Morgan fingerprint density at radius 1 is 1.29 bits per heavy atom. The molecule has 128 valence electrons. The summed E-state index contributed by atoms with van der Waals surface area (Å²) in [6, 6.07) is 6.64. The normalized spacial score (nSPS) is 21.0. The van der Waals surface area contributed by atoms with Gasteiger partial charge in [0.1, 0.15) is 5.82 Å². The van der Waals surface area contributed by atoms with Gasteiger partial charge < -0.3 is 9.32 Å². The van der Waals surface area contributed by atoms with Gasteiger partial charge in [-0.15, -0.1) is 0 Å². The zero-order valence-electron chi connectivity index (χ0n) is 13.9. The summed E-state index contributed by atoms with van der Waals surface area (Å²) in [7, 11) is 0. The van der Waals surface area contributed by atoms with E-state index in [2.05, 4.69) is 18.8 Å². The zero-order chi connectivity index (χ0) is 17.1. The first-order valence-corrected chi connectivity index (χ1v) is 9.19. The lowest BCUT2D eigenvalue weighted by Gasteiger charge is -2.39. The molecule has 2 aromatic rings. The molecule has 0 spiro atoms. The fourth-order valence-electron chi connectivity index (χ4n) is 3.18. The van der Waals surface area contributed by atoms with Crippen LogP contribution >= 0.6 is 11.8 Å².